The van der Waals surface area contributed by atoms with E-state index in [1.54, 1.807) is 0 Å². The van der Waals surface area contributed by atoms with E-state index in [-0.39, 0.29) is 12.5 Å². The smallest absolute Gasteiger partial charge is 0.264 e. The van der Waals surface area contributed by atoms with E-state index in [4.69, 9.17) is 0 Å². The Morgan fingerprint density at radius 2 is 2.21 bits per heavy atom. The fourth-order valence-corrected chi connectivity index (χ4v) is 1.97. The van der Waals surface area contributed by atoms with Crippen LogP contribution in [0.3, 0.4) is 0 Å². The Labute approximate surface area is 84.8 Å². The van der Waals surface area contributed by atoms with E-state index in [0.29, 0.717) is 6.54 Å². The van der Waals surface area contributed by atoms with Gasteiger partial charge >= 0.3 is 0 Å². The summed E-state index contributed by atoms with van der Waals surface area (Å²) in [6.07, 6.45) is 1.30. The quantitative estimate of drug-likeness (QED) is 0.639. The van der Waals surface area contributed by atoms with Crippen molar-refractivity contribution in [3.63, 3.8) is 0 Å². The molecule has 0 radical (unpaired) electrons. The fraction of sp³-hybridized carbons (Fsp3) is 1.00. The first kappa shape index (κ1) is 11.9. The number of piperidine rings is 1. The van der Waals surface area contributed by atoms with Crippen molar-refractivity contribution in [3.8, 4) is 0 Å². The van der Waals surface area contributed by atoms with Crippen molar-refractivity contribution in [2.75, 3.05) is 33.0 Å². The largest absolute Gasteiger partial charge is 0.391 e. The third-order valence-electron chi connectivity index (χ3n) is 2.42. The lowest BCUT2D eigenvalue weighted by Crippen LogP contribution is -2.43. The first-order valence-corrected chi connectivity index (χ1v) is 6.41. The summed E-state index contributed by atoms with van der Waals surface area (Å²) in [5.74, 6) is -0.0686. The average molecular weight is 223 g/mol. The fourth-order valence-electron chi connectivity index (χ4n) is 1.54. The Morgan fingerprint density at radius 1 is 1.57 bits per heavy atom. The number of β-amino-alcohol motifs (C(OH)–C–C–N with tert-alkyl or cyclic N) is 1. The Morgan fingerprint density at radius 3 is 2.71 bits per heavy atom. The highest BCUT2D eigenvalue weighted by molar-refractivity contribution is 7.85. The summed E-state index contributed by atoms with van der Waals surface area (Å²) in [4.78, 5) is 2.02. The summed E-state index contributed by atoms with van der Waals surface area (Å²) in [6.45, 7) is 1.54. The van der Waals surface area contributed by atoms with Crippen molar-refractivity contribution >= 4 is 10.1 Å². The van der Waals surface area contributed by atoms with Gasteiger partial charge in [-0.05, 0) is 20.0 Å². The summed E-state index contributed by atoms with van der Waals surface area (Å²) >= 11 is 0. The minimum absolute atomic E-state index is 0.0686. The average Bonchev–Trinajstić information content (AvgIpc) is 2.00. The van der Waals surface area contributed by atoms with Gasteiger partial charge in [0.15, 0.2) is 0 Å². The van der Waals surface area contributed by atoms with Gasteiger partial charge in [0.2, 0.25) is 0 Å². The molecule has 0 aliphatic carbocycles. The van der Waals surface area contributed by atoms with E-state index in [2.05, 4.69) is 4.18 Å². The Hall–Kier alpha value is -0.170. The van der Waals surface area contributed by atoms with Gasteiger partial charge in [-0.1, -0.05) is 0 Å². The van der Waals surface area contributed by atoms with Crippen molar-refractivity contribution in [2.24, 2.45) is 5.92 Å². The number of aliphatic hydroxyl groups is 1. The van der Waals surface area contributed by atoms with Gasteiger partial charge < -0.3 is 10.0 Å². The molecule has 1 saturated heterocycles. The van der Waals surface area contributed by atoms with Crippen LogP contribution < -0.4 is 0 Å². The van der Waals surface area contributed by atoms with E-state index >= 15 is 0 Å². The van der Waals surface area contributed by atoms with Gasteiger partial charge in [0.25, 0.3) is 10.1 Å². The van der Waals surface area contributed by atoms with E-state index < -0.39 is 16.2 Å². The molecule has 1 rings (SSSR count). The topological polar surface area (TPSA) is 66.8 Å². The Balaban J connectivity index is 2.38. The van der Waals surface area contributed by atoms with Gasteiger partial charge in [-0.3, -0.25) is 4.18 Å². The van der Waals surface area contributed by atoms with E-state index in [9.17, 15) is 13.5 Å². The molecular weight excluding hydrogens is 206 g/mol. The molecule has 1 aliphatic heterocycles. The number of hydrogen-bond donors (Lipinski definition) is 1. The van der Waals surface area contributed by atoms with Gasteiger partial charge in [0.05, 0.1) is 19.0 Å². The van der Waals surface area contributed by atoms with Gasteiger partial charge in [-0.2, -0.15) is 8.42 Å². The van der Waals surface area contributed by atoms with E-state index in [0.717, 1.165) is 19.2 Å². The SMILES string of the molecule is CN1CC[C@@H](COS(C)(=O)=O)[C@H](O)C1. The van der Waals surface area contributed by atoms with Crippen molar-refractivity contribution < 1.29 is 17.7 Å². The maximum atomic E-state index is 10.7. The minimum Gasteiger partial charge on any atom is -0.391 e. The zero-order chi connectivity index (χ0) is 10.8. The summed E-state index contributed by atoms with van der Waals surface area (Å²) in [6, 6.07) is 0. The summed E-state index contributed by atoms with van der Waals surface area (Å²) in [5, 5.41) is 9.62. The van der Waals surface area contributed by atoms with Gasteiger partial charge in [-0.25, -0.2) is 0 Å². The number of likely N-dealkylation sites (tertiary alicyclic amines) is 1. The summed E-state index contributed by atoms with van der Waals surface area (Å²) in [5.41, 5.74) is 0. The monoisotopic (exact) mass is 223 g/mol. The van der Waals surface area contributed by atoms with Gasteiger partial charge in [0, 0.05) is 12.5 Å². The molecule has 14 heavy (non-hydrogen) atoms. The maximum absolute atomic E-state index is 10.7. The first-order valence-electron chi connectivity index (χ1n) is 4.59. The molecule has 0 spiro atoms. The zero-order valence-electron chi connectivity index (χ0n) is 8.51. The van der Waals surface area contributed by atoms with Crippen LogP contribution in [0, 0.1) is 5.92 Å². The van der Waals surface area contributed by atoms with Crippen molar-refractivity contribution in [1.82, 2.24) is 4.90 Å². The van der Waals surface area contributed by atoms with Crippen LogP contribution in [-0.2, 0) is 14.3 Å². The zero-order valence-corrected chi connectivity index (χ0v) is 9.33. The predicted octanol–water partition coefficient (Wildman–Crippen LogP) is -0.725. The van der Waals surface area contributed by atoms with Gasteiger partial charge in [-0.15, -0.1) is 0 Å². The lowest BCUT2D eigenvalue weighted by molar-refractivity contribution is 0.0129. The highest BCUT2D eigenvalue weighted by Gasteiger charge is 2.26. The van der Waals surface area contributed by atoms with Crippen LogP contribution in [-0.4, -0.2) is 57.5 Å². The molecule has 6 heteroatoms. The molecule has 84 valence electrons. The highest BCUT2D eigenvalue weighted by atomic mass is 32.2. The van der Waals surface area contributed by atoms with Gasteiger partial charge in [0.1, 0.15) is 0 Å². The number of hydrogen-bond acceptors (Lipinski definition) is 5. The second kappa shape index (κ2) is 4.57. The molecular formula is C8H17NO4S. The van der Waals surface area contributed by atoms with Crippen molar-refractivity contribution in [1.29, 1.82) is 0 Å². The molecule has 1 fully saturated rings. The van der Waals surface area contributed by atoms with Crippen LogP contribution in [0.1, 0.15) is 6.42 Å². The van der Waals surface area contributed by atoms with Crippen molar-refractivity contribution in [2.45, 2.75) is 12.5 Å². The molecule has 0 aromatic heterocycles. The second-order valence-electron chi connectivity index (χ2n) is 3.87. The molecule has 1 N–H and O–H groups in total. The normalized spacial score (nSPS) is 30.5. The van der Waals surface area contributed by atoms with Crippen LogP contribution >= 0.6 is 0 Å². The lowest BCUT2D eigenvalue weighted by Gasteiger charge is -2.33. The number of aliphatic hydroxyl groups excluding tert-OH is 1. The molecule has 2 atom stereocenters. The van der Waals surface area contributed by atoms with Crippen molar-refractivity contribution in [3.05, 3.63) is 0 Å². The molecule has 0 bridgehead atoms. The third-order valence-corrected chi connectivity index (χ3v) is 2.98. The Kier molecular flexibility index (Phi) is 3.88. The van der Waals surface area contributed by atoms with Crippen LogP contribution in [0.15, 0.2) is 0 Å². The van der Waals surface area contributed by atoms with Crippen LogP contribution in [0.2, 0.25) is 0 Å². The predicted molar refractivity (Wildman–Crippen MR) is 52.4 cm³/mol. The highest BCUT2D eigenvalue weighted by Crippen LogP contribution is 2.17. The van der Waals surface area contributed by atoms with E-state index in [1.807, 2.05) is 11.9 Å². The minimum atomic E-state index is -3.39. The summed E-state index contributed by atoms with van der Waals surface area (Å²) in [7, 11) is -1.46. The number of likely N-dealkylation sites (N-methyl/N-ethyl adjacent to an activating group) is 1. The molecule has 0 aromatic rings. The molecule has 0 unspecified atom stereocenters. The summed E-state index contributed by atoms with van der Waals surface area (Å²) < 4.78 is 26.1. The van der Waals surface area contributed by atoms with Crippen LogP contribution in [0.25, 0.3) is 0 Å². The number of nitrogens with zero attached hydrogens (tertiary/aromatic N) is 1. The standard InChI is InChI=1S/C8H17NO4S/c1-9-4-3-7(8(10)5-9)6-13-14(2,11)12/h7-8,10H,3-6H2,1-2H3/t7-,8+/m0/s1. The number of rotatable bonds is 3. The molecule has 0 amide bonds. The molecule has 0 aromatic carbocycles. The maximum Gasteiger partial charge on any atom is 0.264 e. The first-order chi connectivity index (χ1) is 6.38. The molecule has 0 saturated carbocycles. The van der Waals surface area contributed by atoms with Crippen LogP contribution in [0.4, 0.5) is 0 Å². The Bertz CT molecular complexity index is 277. The third kappa shape index (κ3) is 3.91. The van der Waals surface area contributed by atoms with Crippen LogP contribution in [0.5, 0.6) is 0 Å². The molecule has 1 heterocycles. The lowest BCUT2D eigenvalue weighted by atomic mass is 9.95. The second-order valence-corrected chi connectivity index (χ2v) is 5.51. The molecule has 5 nitrogen and oxygen atoms in total. The van der Waals surface area contributed by atoms with E-state index in [1.165, 1.54) is 0 Å². The molecule has 1 aliphatic rings.